The molecule has 9 heteroatoms. The SMILES string of the molecule is CC(C)(C)C(=O)c1oc2nc(-c3ccccc3Cl)c(-c3ccc(Cl)cc3)cc2c1N1C(=O)CC(O)C1=O. The number of benzene rings is 2. The predicted octanol–water partition coefficient (Wildman–Crippen LogP) is 6.32. The third-order valence-corrected chi connectivity index (χ3v) is 6.76. The molecule has 2 amide bonds. The summed E-state index contributed by atoms with van der Waals surface area (Å²) >= 11 is 12.6. The number of imide groups is 1. The van der Waals surface area contributed by atoms with Gasteiger partial charge in [-0.25, -0.2) is 9.88 Å². The largest absolute Gasteiger partial charge is 0.432 e. The van der Waals surface area contributed by atoms with E-state index in [1.54, 1.807) is 51.1 Å². The van der Waals surface area contributed by atoms with Gasteiger partial charge in [-0.15, -0.1) is 0 Å². The summed E-state index contributed by atoms with van der Waals surface area (Å²) in [5.74, 6) is -2.05. The van der Waals surface area contributed by atoms with Crippen molar-refractivity contribution in [3.63, 3.8) is 0 Å². The van der Waals surface area contributed by atoms with Crippen LogP contribution in [0.5, 0.6) is 0 Å². The van der Waals surface area contributed by atoms with E-state index in [-0.39, 0.29) is 29.0 Å². The van der Waals surface area contributed by atoms with Crippen molar-refractivity contribution in [3.8, 4) is 22.4 Å². The first-order valence-electron chi connectivity index (χ1n) is 11.6. The van der Waals surface area contributed by atoms with E-state index in [0.29, 0.717) is 26.9 Å². The summed E-state index contributed by atoms with van der Waals surface area (Å²) in [5.41, 5.74) is 1.61. The molecule has 0 bridgehead atoms. The van der Waals surface area contributed by atoms with Gasteiger partial charge in [-0.1, -0.05) is 74.3 Å². The second-order valence-electron chi connectivity index (χ2n) is 9.87. The van der Waals surface area contributed by atoms with Gasteiger partial charge >= 0.3 is 0 Å². The molecule has 1 N–H and O–H groups in total. The Morgan fingerprint density at radius 3 is 2.32 bits per heavy atom. The second kappa shape index (κ2) is 9.10. The Hall–Kier alpha value is -3.52. The first-order chi connectivity index (χ1) is 17.5. The molecule has 3 heterocycles. The van der Waals surface area contributed by atoms with E-state index < -0.39 is 29.1 Å². The summed E-state index contributed by atoms with van der Waals surface area (Å²) < 4.78 is 5.99. The molecule has 2 aromatic carbocycles. The number of hydrogen-bond donors (Lipinski definition) is 1. The number of halogens is 2. The fourth-order valence-electron chi connectivity index (χ4n) is 4.29. The number of amides is 2. The second-order valence-corrected chi connectivity index (χ2v) is 10.7. The average Bonchev–Trinajstić information content (AvgIpc) is 3.32. The number of aromatic nitrogens is 1. The highest BCUT2D eigenvalue weighted by atomic mass is 35.5. The molecule has 1 saturated heterocycles. The summed E-state index contributed by atoms with van der Waals surface area (Å²) in [6, 6.07) is 16.0. The van der Waals surface area contributed by atoms with Crippen LogP contribution in [0.2, 0.25) is 10.0 Å². The van der Waals surface area contributed by atoms with Crippen molar-refractivity contribution < 1.29 is 23.9 Å². The van der Waals surface area contributed by atoms with E-state index in [1.807, 2.05) is 24.3 Å². The van der Waals surface area contributed by atoms with E-state index in [1.165, 1.54) is 0 Å². The minimum absolute atomic E-state index is 0.0186. The van der Waals surface area contributed by atoms with Gasteiger partial charge in [0, 0.05) is 26.6 Å². The molecule has 2 aromatic heterocycles. The number of Topliss-reactive ketones (excluding diaryl/α,β-unsaturated/α-hetero) is 1. The third kappa shape index (κ3) is 4.33. The van der Waals surface area contributed by atoms with Crippen LogP contribution in [0, 0.1) is 5.41 Å². The Labute approximate surface area is 222 Å². The van der Waals surface area contributed by atoms with Gasteiger partial charge in [0.1, 0.15) is 11.8 Å². The number of nitrogens with zero attached hydrogens (tertiary/aromatic N) is 2. The molecule has 1 unspecified atom stereocenters. The highest BCUT2D eigenvalue weighted by molar-refractivity contribution is 6.33. The zero-order chi connectivity index (χ0) is 26.6. The highest BCUT2D eigenvalue weighted by Gasteiger charge is 2.44. The summed E-state index contributed by atoms with van der Waals surface area (Å²) in [6.07, 6.45) is -1.88. The van der Waals surface area contributed by atoms with Crippen LogP contribution in [-0.2, 0) is 9.59 Å². The van der Waals surface area contributed by atoms with E-state index >= 15 is 0 Å². The summed E-state index contributed by atoms with van der Waals surface area (Å²) in [4.78, 5) is 44.7. The molecule has 1 atom stereocenters. The van der Waals surface area contributed by atoms with Crippen molar-refractivity contribution in [1.29, 1.82) is 0 Å². The summed E-state index contributed by atoms with van der Waals surface area (Å²) in [7, 11) is 0. The van der Waals surface area contributed by atoms with Crippen LogP contribution in [-0.4, -0.2) is 33.8 Å². The van der Waals surface area contributed by atoms with Gasteiger partial charge in [-0.05, 0) is 29.8 Å². The van der Waals surface area contributed by atoms with Crippen molar-refractivity contribution in [3.05, 3.63) is 70.4 Å². The predicted molar refractivity (Wildman–Crippen MR) is 142 cm³/mol. The minimum atomic E-state index is -1.50. The maximum absolute atomic E-state index is 13.4. The van der Waals surface area contributed by atoms with E-state index in [9.17, 15) is 19.5 Å². The van der Waals surface area contributed by atoms with Crippen LogP contribution in [0.3, 0.4) is 0 Å². The number of fused-ring (bicyclic) bond motifs is 1. The molecule has 0 spiro atoms. The van der Waals surface area contributed by atoms with Crippen LogP contribution < -0.4 is 4.90 Å². The average molecular weight is 537 g/mol. The van der Waals surface area contributed by atoms with Crippen molar-refractivity contribution in [2.45, 2.75) is 33.3 Å². The molecule has 4 aromatic rings. The van der Waals surface area contributed by atoms with Crippen LogP contribution in [0.25, 0.3) is 33.5 Å². The molecule has 7 nitrogen and oxygen atoms in total. The maximum atomic E-state index is 13.4. The molecule has 1 aliphatic rings. The van der Waals surface area contributed by atoms with Crippen LogP contribution in [0.15, 0.2) is 59.0 Å². The van der Waals surface area contributed by atoms with Crippen LogP contribution >= 0.6 is 23.2 Å². The number of carbonyl (C=O) groups excluding carboxylic acids is 3. The summed E-state index contributed by atoms with van der Waals surface area (Å²) in [5, 5.41) is 11.4. The van der Waals surface area contributed by atoms with Crippen LogP contribution in [0.1, 0.15) is 37.7 Å². The van der Waals surface area contributed by atoms with E-state index in [2.05, 4.69) is 0 Å². The Kier molecular flexibility index (Phi) is 6.18. The number of aliphatic hydroxyl groups is 1. The molecule has 188 valence electrons. The Bertz CT molecular complexity index is 1580. The first kappa shape index (κ1) is 25.1. The Morgan fingerprint density at radius 2 is 1.73 bits per heavy atom. The van der Waals surface area contributed by atoms with Crippen molar-refractivity contribution >= 4 is 57.6 Å². The standard InChI is InChI=1S/C28H22Cl2N2O5/c1-28(2,3)25(35)24-23(32-21(34)13-20(33)27(32)36)18-12-17(14-8-10-15(29)11-9-14)22(31-26(18)37-24)16-6-4-5-7-19(16)30/h4-12,20,33H,13H2,1-3H3. The van der Waals surface area contributed by atoms with Crippen LogP contribution in [0.4, 0.5) is 5.69 Å². The quantitative estimate of drug-likeness (QED) is 0.242. The lowest BCUT2D eigenvalue weighted by Crippen LogP contribution is -2.33. The number of hydrogen-bond acceptors (Lipinski definition) is 6. The van der Waals surface area contributed by atoms with Gasteiger partial charge in [0.2, 0.25) is 17.4 Å². The number of ketones is 1. The maximum Gasteiger partial charge on any atom is 0.263 e. The zero-order valence-corrected chi connectivity index (χ0v) is 21.7. The molecular formula is C28H22Cl2N2O5. The molecule has 5 rings (SSSR count). The molecule has 0 radical (unpaired) electrons. The smallest absolute Gasteiger partial charge is 0.263 e. The lowest BCUT2D eigenvalue weighted by molar-refractivity contribution is -0.124. The van der Waals surface area contributed by atoms with E-state index in [4.69, 9.17) is 32.6 Å². The van der Waals surface area contributed by atoms with E-state index in [0.717, 1.165) is 10.5 Å². The van der Waals surface area contributed by atoms with Crippen molar-refractivity contribution in [2.24, 2.45) is 5.41 Å². The number of carbonyl (C=O) groups is 3. The van der Waals surface area contributed by atoms with Gasteiger partial charge in [0.15, 0.2) is 5.76 Å². The summed E-state index contributed by atoms with van der Waals surface area (Å²) in [6.45, 7) is 5.11. The van der Waals surface area contributed by atoms with Gasteiger partial charge in [-0.2, -0.15) is 0 Å². The molecule has 37 heavy (non-hydrogen) atoms. The number of anilines is 1. The topological polar surface area (TPSA) is 101 Å². The van der Waals surface area contributed by atoms with Gasteiger partial charge in [0.05, 0.1) is 17.5 Å². The van der Waals surface area contributed by atoms with Gasteiger partial charge in [-0.3, -0.25) is 14.4 Å². The number of rotatable bonds is 4. The fraction of sp³-hybridized carbons (Fsp3) is 0.214. The molecule has 1 fully saturated rings. The van der Waals surface area contributed by atoms with Crippen molar-refractivity contribution in [1.82, 2.24) is 4.98 Å². The molecule has 0 saturated carbocycles. The lowest BCUT2D eigenvalue weighted by Gasteiger charge is -2.19. The minimum Gasteiger partial charge on any atom is -0.432 e. The Morgan fingerprint density at radius 1 is 1.05 bits per heavy atom. The zero-order valence-electron chi connectivity index (χ0n) is 20.2. The molecule has 0 aliphatic carbocycles. The van der Waals surface area contributed by atoms with Crippen molar-refractivity contribution in [2.75, 3.05) is 4.90 Å². The molecule has 1 aliphatic heterocycles. The monoisotopic (exact) mass is 536 g/mol. The number of furan rings is 1. The fourth-order valence-corrected chi connectivity index (χ4v) is 4.64. The normalized spacial score (nSPS) is 16.2. The number of pyridine rings is 1. The lowest BCUT2D eigenvalue weighted by atomic mass is 9.88. The van der Waals surface area contributed by atoms with Gasteiger partial charge in [0.25, 0.3) is 5.91 Å². The Balaban J connectivity index is 1.88. The first-order valence-corrected chi connectivity index (χ1v) is 12.3. The molecular weight excluding hydrogens is 515 g/mol. The highest BCUT2D eigenvalue weighted by Crippen LogP contribution is 2.44. The third-order valence-electron chi connectivity index (χ3n) is 6.17. The number of aliphatic hydroxyl groups excluding tert-OH is 1. The van der Waals surface area contributed by atoms with Gasteiger partial charge < -0.3 is 9.52 Å².